The van der Waals surface area contributed by atoms with Crippen LogP contribution in [-0.4, -0.2) is 21.0 Å². The number of nitrogens with zero attached hydrogens (tertiary/aromatic N) is 2. The summed E-state index contributed by atoms with van der Waals surface area (Å²) in [6.45, 7) is 0. The van der Waals surface area contributed by atoms with Crippen LogP contribution in [0.5, 0.6) is 0 Å². The number of carboxylic acid groups (broad SMARTS) is 1. The third-order valence-corrected chi connectivity index (χ3v) is 4.35. The Morgan fingerprint density at radius 2 is 2.10 bits per heavy atom. The number of aromatic nitrogens is 2. The molecule has 1 heterocycles. The van der Waals surface area contributed by atoms with Gasteiger partial charge in [0.05, 0.1) is 5.92 Å². The molecule has 1 aromatic carbocycles. The summed E-state index contributed by atoms with van der Waals surface area (Å²) in [5.74, 6) is -0.220. The standard InChI is InChI=1S/C16H15BrN2O2/c17-13-4-1-10(2-5-13)7-15-18-9-12-8-11(16(20)21)3-6-14(12)19-15/h1-2,4-5,9,11H,3,6-8H2,(H,20,21). The summed E-state index contributed by atoms with van der Waals surface area (Å²) in [4.78, 5) is 20.1. The van der Waals surface area contributed by atoms with E-state index in [2.05, 4.69) is 25.9 Å². The Kier molecular flexibility index (Phi) is 4.01. The van der Waals surface area contributed by atoms with Gasteiger partial charge in [0.1, 0.15) is 5.82 Å². The summed E-state index contributed by atoms with van der Waals surface area (Å²) in [6.07, 6.45) is 4.43. The lowest BCUT2D eigenvalue weighted by molar-refractivity contribution is -0.142. The molecule has 0 aliphatic heterocycles. The van der Waals surface area contributed by atoms with Gasteiger partial charge in [-0.15, -0.1) is 0 Å². The van der Waals surface area contributed by atoms with Crippen LogP contribution in [0.15, 0.2) is 34.9 Å². The highest BCUT2D eigenvalue weighted by Gasteiger charge is 2.25. The molecule has 0 amide bonds. The third kappa shape index (κ3) is 3.29. The lowest BCUT2D eigenvalue weighted by atomic mass is 9.87. The molecule has 0 saturated heterocycles. The number of hydrogen-bond donors (Lipinski definition) is 1. The van der Waals surface area contributed by atoms with Crippen LogP contribution in [0.25, 0.3) is 0 Å². The zero-order valence-electron chi connectivity index (χ0n) is 11.4. The number of hydrogen-bond acceptors (Lipinski definition) is 3. The SMILES string of the molecule is O=C(O)C1CCc2nc(Cc3ccc(Br)cc3)ncc2C1. The predicted molar refractivity (Wildman–Crippen MR) is 82.1 cm³/mol. The van der Waals surface area contributed by atoms with E-state index in [0.29, 0.717) is 19.3 Å². The monoisotopic (exact) mass is 346 g/mol. The Morgan fingerprint density at radius 3 is 2.81 bits per heavy atom. The maximum atomic E-state index is 11.1. The van der Waals surface area contributed by atoms with Crippen molar-refractivity contribution in [2.24, 2.45) is 5.92 Å². The number of halogens is 1. The molecule has 1 aromatic heterocycles. The first-order chi connectivity index (χ1) is 10.1. The van der Waals surface area contributed by atoms with E-state index in [-0.39, 0.29) is 5.92 Å². The number of carboxylic acids is 1. The van der Waals surface area contributed by atoms with Crippen molar-refractivity contribution < 1.29 is 9.90 Å². The van der Waals surface area contributed by atoms with E-state index in [1.807, 2.05) is 24.3 Å². The van der Waals surface area contributed by atoms with Crippen LogP contribution in [0.4, 0.5) is 0 Å². The van der Waals surface area contributed by atoms with Crippen molar-refractivity contribution in [2.45, 2.75) is 25.7 Å². The van der Waals surface area contributed by atoms with Crippen LogP contribution in [0.3, 0.4) is 0 Å². The average Bonchev–Trinajstić information content (AvgIpc) is 2.49. The minimum absolute atomic E-state index is 0.293. The van der Waals surface area contributed by atoms with Crippen LogP contribution in [0.1, 0.15) is 29.1 Å². The molecule has 5 heteroatoms. The fraction of sp³-hybridized carbons (Fsp3) is 0.312. The van der Waals surface area contributed by atoms with E-state index in [0.717, 1.165) is 33.5 Å². The largest absolute Gasteiger partial charge is 0.481 e. The van der Waals surface area contributed by atoms with E-state index in [9.17, 15) is 4.79 Å². The molecule has 2 aromatic rings. The van der Waals surface area contributed by atoms with Crippen molar-refractivity contribution in [3.63, 3.8) is 0 Å². The molecule has 4 nitrogen and oxygen atoms in total. The molecule has 1 N–H and O–H groups in total. The highest BCUT2D eigenvalue weighted by Crippen LogP contribution is 2.24. The summed E-state index contributed by atoms with van der Waals surface area (Å²) >= 11 is 3.42. The number of rotatable bonds is 3. The second-order valence-corrected chi connectivity index (χ2v) is 6.26. The van der Waals surface area contributed by atoms with Gasteiger partial charge in [0.2, 0.25) is 0 Å². The van der Waals surface area contributed by atoms with Crippen LogP contribution in [0.2, 0.25) is 0 Å². The number of carbonyl (C=O) groups is 1. The van der Waals surface area contributed by atoms with Crippen molar-refractivity contribution >= 4 is 21.9 Å². The van der Waals surface area contributed by atoms with Crippen molar-refractivity contribution in [1.82, 2.24) is 9.97 Å². The van der Waals surface area contributed by atoms with Gasteiger partial charge in [-0.2, -0.15) is 0 Å². The van der Waals surface area contributed by atoms with Crippen molar-refractivity contribution in [3.05, 3.63) is 57.6 Å². The first kappa shape index (κ1) is 14.2. The summed E-state index contributed by atoms with van der Waals surface area (Å²) < 4.78 is 1.05. The van der Waals surface area contributed by atoms with Crippen LogP contribution >= 0.6 is 15.9 Å². The summed E-state index contributed by atoms with van der Waals surface area (Å²) in [7, 11) is 0. The zero-order valence-corrected chi connectivity index (χ0v) is 13.0. The molecule has 0 radical (unpaired) electrons. The second-order valence-electron chi connectivity index (χ2n) is 5.34. The van der Waals surface area contributed by atoms with Gasteiger partial charge in [-0.1, -0.05) is 28.1 Å². The molecule has 0 spiro atoms. The maximum absolute atomic E-state index is 11.1. The third-order valence-electron chi connectivity index (χ3n) is 3.82. The highest BCUT2D eigenvalue weighted by atomic mass is 79.9. The quantitative estimate of drug-likeness (QED) is 0.927. The molecule has 21 heavy (non-hydrogen) atoms. The molecule has 0 saturated carbocycles. The molecule has 1 unspecified atom stereocenters. The van der Waals surface area contributed by atoms with Gasteiger partial charge in [0.15, 0.2) is 0 Å². The summed E-state index contributed by atoms with van der Waals surface area (Å²) in [5, 5.41) is 9.09. The maximum Gasteiger partial charge on any atom is 0.306 e. The number of aliphatic carboxylic acids is 1. The topological polar surface area (TPSA) is 63.1 Å². The van der Waals surface area contributed by atoms with E-state index >= 15 is 0 Å². The first-order valence-electron chi connectivity index (χ1n) is 6.93. The normalized spacial score (nSPS) is 17.3. The first-order valence-corrected chi connectivity index (χ1v) is 7.72. The van der Waals surface area contributed by atoms with Crippen LogP contribution in [-0.2, 0) is 24.1 Å². The molecule has 108 valence electrons. The van der Waals surface area contributed by atoms with Crippen molar-refractivity contribution in [2.75, 3.05) is 0 Å². The van der Waals surface area contributed by atoms with E-state index in [4.69, 9.17) is 5.11 Å². The van der Waals surface area contributed by atoms with E-state index in [1.54, 1.807) is 6.20 Å². The van der Waals surface area contributed by atoms with Crippen molar-refractivity contribution in [1.29, 1.82) is 0 Å². The molecule has 1 aliphatic carbocycles. The molecule has 0 fully saturated rings. The van der Waals surface area contributed by atoms with Crippen molar-refractivity contribution in [3.8, 4) is 0 Å². The van der Waals surface area contributed by atoms with Gasteiger partial charge < -0.3 is 5.11 Å². The van der Waals surface area contributed by atoms with Crippen LogP contribution in [0, 0.1) is 5.92 Å². The lowest BCUT2D eigenvalue weighted by Crippen LogP contribution is -2.23. The van der Waals surface area contributed by atoms with Gasteiger partial charge in [-0.25, -0.2) is 9.97 Å². The molecule has 0 bridgehead atoms. The fourth-order valence-electron chi connectivity index (χ4n) is 2.63. The van der Waals surface area contributed by atoms with Gasteiger partial charge in [-0.3, -0.25) is 4.79 Å². The van der Waals surface area contributed by atoms with Gasteiger partial charge >= 0.3 is 5.97 Å². The number of aryl methyl sites for hydroxylation is 1. The van der Waals surface area contributed by atoms with E-state index in [1.165, 1.54) is 0 Å². The smallest absolute Gasteiger partial charge is 0.306 e. The van der Waals surface area contributed by atoms with Gasteiger partial charge in [-0.05, 0) is 42.5 Å². The molecular weight excluding hydrogens is 332 g/mol. The van der Waals surface area contributed by atoms with Gasteiger partial charge in [0.25, 0.3) is 0 Å². The predicted octanol–water partition coefficient (Wildman–Crippen LogP) is 3.02. The van der Waals surface area contributed by atoms with Gasteiger partial charge in [0, 0.05) is 22.8 Å². The molecule has 3 rings (SSSR count). The second kappa shape index (κ2) is 5.93. The minimum atomic E-state index is -0.723. The Balaban J connectivity index is 1.77. The molecule has 1 atom stereocenters. The lowest BCUT2D eigenvalue weighted by Gasteiger charge is -2.20. The number of fused-ring (bicyclic) bond motifs is 1. The molecule has 1 aliphatic rings. The molecular formula is C16H15BrN2O2. The fourth-order valence-corrected chi connectivity index (χ4v) is 2.89. The Hall–Kier alpha value is -1.75. The minimum Gasteiger partial charge on any atom is -0.481 e. The van der Waals surface area contributed by atoms with Crippen LogP contribution < -0.4 is 0 Å². The van der Waals surface area contributed by atoms with E-state index < -0.39 is 5.97 Å². The Morgan fingerprint density at radius 1 is 1.33 bits per heavy atom. The Labute approximate surface area is 131 Å². The Bertz CT molecular complexity index is 670. The number of benzene rings is 1. The highest BCUT2D eigenvalue weighted by molar-refractivity contribution is 9.10. The average molecular weight is 347 g/mol. The summed E-state index contributed by atoms with van der Waals surface area (Å²) in [5.41, 5.74) is 3.15. The zero-order chi connectivity index (χ0) is 14.8. The summed E-state index contributed by atoms with van der Waals surface area (Å²) in [6, 6.07) is 8.11.